The molecule has 0 bridgehead atoms. The molecule has 0 unspecified atom stereocenters. The van der Waals surface area contributed by atoms with Gasteiger partial charge in [0.05, 0.1) is 12.8 Å². The van der Waals surface area contributed by atoms with Crippen molar-refractivity contribution in [3.8, 4) is 5.75 Å². The number of aromatic nitrogens is 1. The number of hydrogen-bond acceptors (Lipinski definition) is 4. The van der Waals surface area contributed by atoms with E-state index in [4.69, 9.17) is 10.5 Å². The monoisotopic (exact) mass is 273 g/mol. The van der Waals surface area contributed by atoms with Crippen LogP contribution in [-0.2, 0) is 11.3 Å². The first-order valence-electron chi connectivity index (χ1n) is 5.99. The molecule has 0 saturated heterocycles. The van der Waals surface area contributed by atoms with E-state index in [2.05, 4.69) is 5.32 Å². The normalized spacial score (nSPS) is 10.1. The lowest BCUT2D eigenvalue weighted by atomic mass is 10.3. The highest BCUT2D eigenvalue weighted by molar-refractivity contribution is 5.92. The molecule has 0 atom stereocenters. The van der Waals surface area contributed by atoms with Crippen LogP contribution in [0.1, 0.15) is 0 Å². The zero-order valence-corrected chi connectivity index (χ0v) is 11.0. The van der Waals surface area contributed by atoms with Crippen LogP contribution in [0.25, 0.3) is 0 Å². The summed E-state index contributed by atoms with van der Waals surface area (Å²) >= 11 is 0. The number of carbonyl (C=O) groups excluding carboxylic acids is 1. The molecule has 1 amide bonds. The molecule has 0 aliphatic rings. The second kappa shape index (κ2) is 5.92. The van der Waals surface area contributed by atoms with E-state index >= 15 is 0 Å². The predicted octanol–water partition coefficient (Wildman–Crippen LogP) is 1.08. The maximum absolute atomic E-state index is 11.9. The number of carbonyl (C=O) groups is 1. The van der Waals surface area contributed by atoms with E-state index in [0.29, 0.717) is 17.1 Å². The van der Waals surface area contributed by atoms with Crippen molar-refractivity contribution in [2.45, 2.75) is 6.54 Å². The van der Waals surface area contributed by atoms with Crippen LogP contribution in [0.2, 0.25) is 0 Å². The molecule has 2 rings (SSSR count). The summed E-state index contributed by atoms with van der Waals surface area (Å²) in [6.07, 6.45) is 1.43. The number of nitrogens with zero attached hydrogens (tertiary/aromatic N) is 1. The minimum Gasteiger partial charge on any atom is -0.495 e. The number of anilines is 2. The van der Waals surface area contributed by atoms with Gasteiger partial charge >= 0.3 is 0 Å². The predicted molar refractivity (Wildman–Crippen MR) is 76.7 cm³/mol. The Balaban J connectivity index is 2.13. The Labute approximate surface area is 115 Å². The summed E-state index contributed by atoms with van der Waals surface area (Å²) in [7, 11) is 1.52. The smallest absolute Gasteiger partial charge is 0.251 e. The molecule has 2 aromatic rings. The third-order valence-corrected chi connectivity index (χ3v) is 2.70. The van der Waals surface area contributed by atoms with E-state index in [9.17, 15) is 9.59 Å². The van der Waals surface area contributed by atoms with Crippen molar-refractivity contribution in [3.63, 3.8) is 0 Å². The summed E-state index contributed by atoms with van der Waals surface area (Å²) < 4.78 is 6.39. The van der Waals surface area contributed by atoms with E-state index in [1.807, 2.05) is 0 Å². The number of hydrogen-bond donors (Lipinski definition) is 2. The van der Waals surface area contributed by atoms with Crippen LogP contribution in [0.3, 0.4) is 0 Å². The van der Waals surface area contributed by atoms with E-state index in [-0.39, 0.29) is 18.0 Å². The molecule has 0 fully saturated rings. The molecule has 6 heteroatoms. The number of benzene rings is 1. The largest absolute Gasteiger partial charge is 0.495 e. The van der Waals surface area contributed by atoms with Gasteiger partial charge in [0.25, 0.3) is 5.56 Å². The van der Waals surface area contributed by atoms with Crippen molar-refractivity contribution < 1.29 is 9.53 Å². The van der Waals surface area contributed by atoms with Gasteiger partial charge in [-0.25, -0.2) is 0 Å². The Bertz CT molecular complexity index is 679. The summed E-state index contributed by atoms with van der Waals surface area (Å²) in [5.41, 5.74) is 6.29. The summed E-state index contributed by atoms with van der Waals surface area (Å²) in [6, 6.07) is 9.87. The van der Waals surface area contributed by atoms with Crippen molar-refractivity contribution in [1.29, 1.82) is 0 Å². The van der Waals surface area contributed by atoms with Gasteiger partial charge in [0, 0.05) is 18.0 Å². The average Bonchev–Trinajstić information content (AvgIpc) is 2.43. The SMILES string of the molecule is COc1ccccc1NC(=O)Cn1cc(N)ccc1=O. The third-order valence-electron chi connectivity index (χ3n) is 2.70. The molecule has 0 spiro atoms. The third kappa shape index (κ3) is 3.17. The second-order valence-corrected chi connectivity index (χ2v) is 4.18. The van der Waals surface area contributed by atoms with Crippen molar-refractivity contribution in [1.82, 2.24) is 4.57 Å². The number of nitrogens with two attached hydrogens (primary N) is 1. The number of ether oxygens (including phenoxy) is 1. The van der Waals surface area contributed by atoms with Gasteiger partial charge in [0.1, 0.15) is 12.3 Å². The molecule has 20 heavy (non-hydrogen) atoms. The molecule has 1 heterocycles. The lowest BCUT2D eigenvalue weighted by molar-refractivity contribution is -0.116. The van der Waals surface area contributed by atoms with Gasteiger partial charge in [-0.1, -0.05) is 12.1 Å². The minimum atomic E-state index is -0.331. The Morgan fingerprint density at radius 1 is 1.30 bits per heavy atom. The molecule has 1 aromatic heterocycles. The zero-order chi connectivity index (χ0) is 14.5. The Hall–Kier alpha value is -2.76. The fraction of sp³-hybridized carbons (Fsp3) is 0.143. The van der Waals surface area contributed by atoms with Crippen LogP contribution in [0.4, 0.5) is 11.4 Å². The number of amides is 1. The number of para-hydroxylation sites is 2. The highest BCUT2D eigenvalue weighted by Crippen LogP contribution is 2.22. The molecule has 0 saturated carbocycles. The van der Waals surface area contributed by atoms with Gasteiger partial charge in [-0.2, -0.15) is 0 Å². The average molecular weight is 273 g/mol. The number of nitrogens with one attached hydrogen (secondary N) is 1. The van der Waals surface area contributed by atoms with Crippen LogP contribution >= 0.6 is 0 Å². The van der Waals surface area contributed by atoms with E-state index in [1.165, 1.54) is 30.0 Å². The lowest BCUT2D eigenvalue weighted by Gasteiger charge is -2.10. The van der Waals surface area contributed by atoms with Crippen LogP contribution in [-0.4, -0.2) is 17.6 Å². The van der Waals surface area contributed by atoms with E-state index in [1.54, 1.807) is 24.3 Å². The summed E-state index contributed by atoms with van der Waals surface area (Å²) in [5.74, 6) is 0.225. The highest BCUT2D eigenvalue weighted by atomic mass is 16.5. The number of pyridine rings is 1. The van der Waals surface area contributed by atoms with Crippen LogP contribution in [0, 0.1) is 0 Å². The van der Waals surface area contributed by atoms with Crippen molar-refractivity contribution in [3.05, 3.63) is 52.9 Å². The van der Waals surface area contributed by atoms with Gasteiger partial charge in [-0.05, 0) is 18.2 Å². The van der Waals surface area contributed by atoms with Crippen LogP contribution < -0.4 is 21.3 Å². The maximum Gasteiger partial charge on any atom is 0.251 e. The van der Waals surface area contributed by atoms with Gasteiger partial charge in [0.2, 0.25) is 5.91 Å². The minimum absolute atomic E-state index is 0.109. The Morgan fingerprint density at radius 3 is 2.80 bits per heavy atom. The second-order valence-electron chi connectivity index (χ2n) is 4.18. The van der Waals surface area contributed by atoms with Crippen molar-refractivity contribution >= 4 is 17.3 Å². The van der Waals surface area contributed by atoms with Gasteiger partial charge < -0.3 is 20.4 Å². The molecule has 0 aliphatic carbocycles. The molecule has 0 radical (unpaired) electrons. The Kier molecular flexibility index (Phi) is 4.05. The lowest BCUT2D eigenvalue weighted by Crippen LogP contribution is -2.27. The number of nitrogen functional groups attached to an aromatic ring is 1. The fourth-order valence-corrected chi connectivity index (χ4v) is 1.77. The quantitative estimate of drug-likeness (QED) is 0.872. The maximum atomic E-state index is 11.9. The van der Waals surface area contributed by atoms with Gasteiger partial charge in [-0.15, -0.1) is 0 Å². The summed E-state index contributed by atoms with van der Waals surface area (Å²) in [4.78, 5) is 23.5. The first kappa shape index (κ1) is 13.7. The summed E-state index contributed by atoms with van der Waals surface area (Å²) in [6.45, 7) is -0.109. The standard InChI is InChI=1S/C14H15N3O3/c1-20-12-5-3-2-4-11(12)16-13(18)9-17-8-10(15)6-7-14(17)19/h2-8H,9,15H2,1H3,(H,16,18). The van der Waals surface area contributed by atoms with Crippen molar-refractivity contribution in [2.24, 2.45) is 0 Å². The molecular formula is C14H15N3O3. The van der Waals surface area contributed by atoms with E-state index < -0.39 is 0 Å². The Morgan fingerprint density at radius 2 is 2.05 bits per heavy atom. The van der Waals surface area contributed by atoms with Crippen LogP contribution in [0.15, 0.2) is 47.4 Å². The first-order valence-corrected chi connectivity index (χ1v) is 5.99. The molecule has 0 aliphatic heterocycles. The molecule has 1 aromatic carbocycles. The van der Waals surface area contributed by atoms with Gasteiger partial charge in [-0.3, -0.25) is 9.59 Å². The topological polar surface area (TPSA) is 86.3 Å². The van der Waals surface area contributed by atoms with E-state index in [0.717, 1.165) is 0 Å². The van der Waals surface area contributed by atoms with Gasteiger partial charge in [0.15, 0.2) is 0 Å². The first-order chi connectivity index (χ1) is 9.60. The molecule has 3 N–H and O–H groups in total. The number of methoxy groups -OCH3 is 1. The summed E-state index contributed by atoms with van der Waals surface area (Å²) in [5, 5.41) is 2.69. The number of rotatable bonds is 4. The highest BCUT2D eigenvalue weighted by Gasteiger charge is 2.08. The van der Waals surface area contributed by atoms with Crippen molar-refractivity contribution in [2.75, 3.05) is 18.2 Å². The molecule has 6 nitrogen and oxygen atoms in total. The molecular weight excluding hydrogens is 258 g/mol. The molecule has 104 valence electrons. The van der Waals surface area contributed by atoms with Crippen LogP contribution in [0.5, 0.6) is 5.75 Å². The zero-order valence-electron chi connectivity index (χ0n) is 11.0. The fourth-order valence-electron chi connectivity index (χ4n) is 1.77.